The van der Waals surface area contributed by atoms with E-state index in [2.05, 4.69) is 20.8 Å². The van der Waals surface area contributed by atoms with Crippen molar-refractivity contribution < 1.29 is 0 Å². The lowest BCUT2D eigenvalue weighted by atomic mass is 9.46. The molecular weight excluding hydrogens is 120 g/mol. The van der Waals surface area contributed by atoms with Crippen molar-refractivity contribution in [1.82, 2.24) is 0 Å². The SMILES string of the molecule is C[C@@H]1CCC2C[C@H]1C2(C)C. The third-order valence-corrected chi connectivity index (χ3v) is 4.20. The molecule has 0 nitrogen and oxygen atoms in total. The van der Waals surface area contributed by atoms with Crippen molar-refractivity contribution in [1.29, 1.82) is 0 Å². The average Bonchev–Trinajstić information content (AvgIpc) is 1.87. The van der Waals surface area contributed by atoms with Gasteiger partial charge < -0.3 is 0 Å². The second-order valence-corrected chi connectivity index (χ2v) is 4.92. The minimum atomic E-state index is 0.706. The summed E-state index contributed by atoms with van der Waals surface area (Å²) in [6.07, 6.45) is 4.54. The normalized spacial score (nSPS) is 50.1. The summed E-state index contributed by atoms with van der Waals surface area (Å²) >= 11 is 0. The molecule has 2 bridgehead atoms. The molecule has 0 heteroatoms. The summed E-state index contributed by atoms with van der Waals surface area (Å²) in [5.41, 5.74) is 0.706. The van der Waals surface area contributed by atoms with Crippen molar-refractivity contribution in [2.45, 2.75) is 40.0 Å². The van der Waals surface area contributed by atoms with Crippen molar-refractivity contribution in [2.24, 2.45) is 23.2 Å². The highest BCUT2D eigenvalue weighted by atomic mass is 14.6. The Hall–Kier alpha value is 0. The molecule has 0 amide bonds. The van der Waals surface area contributed by atoms with E-state index in [1.165, 1.54) is 19.3 Å². The van der Waals surface area contributed by atoms with Gasteiger partial charge in [-0.1, -0.05) is 27.2 Å². The first-order valence-corrected chi connectivity index (χ1v) is 4.62. The predicted octanol–water partition coefficient (Wildman–Crippen LogP) is 3.08. The Morgan fingerprint density at radius 1 is 1.20 bits per heavy atom. The van der Waals surface area contributed by atoms with E-state index in [4.69, 9.17) is 0 Å². The molecule has 0 N–H and O–H groups in total. The largest absolute Gasteiger partial charge is 0.0622 e. The molecule has 0 spiro atoms. The maximum absolute atomic E-state index is 2.46. The van der Waals surface area contributed by atoms with Gasteiger partial charge in [0.15, 0.2) is 0 Å². The highest BCUT2D eigenvalue weighted by Crippen LogP contribution is 2.61. The molecule has 0 aromatic heterocycles. The van der Waals surface area contributed by atoms with Crippen LogP contribution in [0.25, 0.3) is 0 Å². The fourth-order valence-corrected chi connectivity index (χ4v) is 3.18. The summed E-state index contributed by atoms with van der Waals surface area (Å²) in [5.74, 6) is 3.15. The molecule has 3 saturated carbocycles. The molecular formula is C10H18. The first kappa shape index (κ1) is 6.69. The third kappa shape index (κ3) is 0.627. The van der Waals surface area contributed by atoms with Gasteiger partial charge in [-0.05, 0) is 36.0 Å². The summed E-state index contributed by atoms with van der Waals surface area (Å²) in [7, 11) is 0. The van der Waals surface area contributed by atoms with Gasteiger partial charge in [0.25, 0.3) is 0 Å². The van der Waals surface area contributed by atoms with Gasteiger partial charge in [0.2, 0.25) is 0 Å². The van der Waals surface area contributed by atoms with Crippen LogP contribution in [0, 0.1) is 23.2 Å². The van der Waals surface area contributed by atoms with Crippen LogP contribution in [0.3, 0.4) is 0 Å². The Morgan fingerprint density at radius 3 is 2.20 bits per heavy atom. The fraction of sp³-hybridized carbons (Fsp3) is 1.00. The van der Waals surface area contributed by atoms with Gasteiger partial charge in [0, 0.05) is 0 Å². The zero-order chi connectivity index (χ0) is 7.35. The highest BCUT2D eigenvalue weighted by Gasteiger charge is 2.52. The van der Waals surface area contributed by atoms with E-state index in [0.29, 0.717) is 5.41 Å². The van der Waals surface area contributed by atoms with E-state index >= 15 is 0 Å². The molecule has 0 aromatic rings. The van der Waals surface area contributed by atoms with E-state index in [0.717, 1.165) is 17.8 Å². The van der Waals surface area contributed by atoms with Gasteiger partial charge in [-0.15, -0.1) is 0 Å². The Bertz CT molecular complexity index is 144. The maximum Gasteiger partial charge on any atom is -0.0295 e. The number of hydrogen-bond donors (Lipinski definition) is 0. The highest BCUT2D eigenvalue weighted by molar-refractivity contribution is 5.01. The van der Waals surface area contributed by atoms with Crippen molar-refractivity contribution >= 4 is 0 Å². The van der Waals surface area contributed by atoms with E-state index in [-0.39, 0.29) is 0 Å². The smallest absolute Gasteiger partial charge is 0.0295 e. The lowest BCUT2D eigenvalue weighted by Gasteiger charge is -2.59. The molecule has 0 saturated heterocycles. The zero-order valence-electron chi connectivity index (χ0n) is 7.35. The molecule has 3 atom stereocenters. The van der Waals surface area contributed by atoms with Crippen LogP contribution in [-0.4, -0.2) is 0 Å². The van der Waals surface area contributed by atoms with Crippen LogP contribution in [0.1, 0.15) is 40.0 Å². The van der Waals surface area contributed by atoms with Gasteiger partial charge in [0.05, 0.1) is 0 Å². The molecule has 3 aliphatic rings. The molecule has 10 heavy (non-hydrogen) atoms. The first-order valence-electron chi connectivity index (χ1n) is 4.62. The second-order valence-electron chi connectivity index (χ2n) is 4.92. The van der Waals surface area contributed by atoms with Crippen LogP contribution in [0.4, 0.5) is 0 Å². The Labute approximate surface area is 64.0 Å². The van der Waals surface area contributed by atoms with Crippen LogP contribution in [-0.2, 0) is 0 Å². The van der Waals surface area contributed by atoms with Crippen molar-refractivity contribution in [3.05, 3.63) is 0 Å². The zero-order valence-corrected chi connectivity index (χ0v) is 7.35. The molecule has 3 aliphatic carbocycles. The molecule has 0 heterocycles. The van der Waals surface area contributed by atoms with Crippen molar-refractivity contribution in [2.75, 3.05) is 0 Å². The fourth-order valence-electron chi connectivity index (χ4n) is 3.18. The molecule has 0 aliphatic heterocycles. The van der Waals surface area contributed by atoms with Crippen LogP contribution in [0.2, 0.25) is 0 Å². The van der Waals surface area contributed by atoms with Crippen LogP contribution >= 0.6 is 0 Å². The Kier molecular flexibility index (Phi) is 1.19. The number of hydrogen-bond acceptors (Lipinski definition) is 0. The van der Waals surface area contributed by atoms with Gasteiger partial charge >= 0.3 is 0 Å². The summed E-state index contributed by atoms with van der Waals surface area (Å²) in [4.78, 5) is 0. The quantitative estimate of drug-likeness (QED) is 0.482. The van der Waals surface area contributed by atoms with Crippen LogP contribution < -0.4 is 0 Å². The van der Waals surface area contributed by atoms with E-state index in [1.807, 2.05) is 0 Å². The molecule has 1 unspecified atom stereocenters. The van der Waals surface area contributed by atoms with E-state index < -0.39 is 0 Å². The van der Waals surface area contributed by atoms with Crippen LogP contribution in [0.15, 0.2) is 0 Å². The van der Waals surface area contributed by atoms with Gasteiger partial charge in [0.1, 0.15) is 0 Å². The third-order valence-electron chi connectivity index (χ3n) is 4.20. The summed E-state index contributed by atoms with van der Waals surface area (Å²) in [5, 5.41) is 0. The topological polar surface area (TPSA) is 0 Å². The molecule has 58 valence electrons. The number of fused-ring (bicyclic) bond motifs is 2. The van der Waals surface area contributed by atoms with Gasteiger partial charge in [-0.2, -0.15) is 0 Å². The molecule has 3 rings (SSSR count). The lowest BCUT2D eigenvalue weighted by Crippen LogP contribution is -2.51. The molecule has 0 radical (unpaired) electrons. The van der Waals surface area contributed by atoms with Crippen LogP contribution in [0.5, 0.6) is 0 Å². The second kappa shape index (κ2) is 1.78. The van der Waals surface area contributed by atoms with E-state index in [9.17, 15) is 0 Å². The minimum Gasteiger partial charge on any atom is -0.0622 e. The summed E-state index contributed by atoms with van der Waals surface area (Å²) in [6.45, 7) is 7.35. The molecule has 0 aromatic carbocycles. The Morgan fingerprint density at radius 2 is 1.90 bits per heavy atom. The summed E-state index contributed by atoms with van der Waals surface area (Å²) in [6, 6.07) is 0. The van der Waals surface area contributed by atoms with E-state index in [1.54, 1.807) is 0 Å². The number of rotatable bonds is 0. The predicted molar refractivity (Wildman–Crippen MR) is 43.8 cm³/mol. The summed E-state index contributed by atoms with van der Waals surface area (Å²) < 4.78 is 0. The maximum atomic E-state index is 2.46. The van der Waals surface area contributed by atoms with Crippen molar-refractivity contribution in [3.63, 3.8) is 0 Å². The first-order chi connectivity index (χ1) is 4.62. The minimum absolute atomic E-state index is 0.706. The van der Waals surface area contributed by atoms with Crippen molar-refractivity contribution in [3.8, 4) is 0 Å². The van der Waals surface area contributed by atoms with Gasteiger partial charge in [-0.25, -0.2) is 0 Å². The lowest BCUT2D eigenvalue weighted by molar-refractivity contribution is -0.0988. The Balaban J connectivity index is 2.16. The molecule has 3 fully saturated rings. The average molecular weight is 138 g/mol. The van der Waals surface area contributed by atoms with Gasteiger partial charge in [-0.3, -0.25) is 0 Å². The standard InChI is InChI=1S/C10H18/c1-7-4-5-8-6-9(7)10(8,2)3/h7-9H,4-6H2,1-3H3/t7-,8?,9-/m1/s1. The monoisotopic (exact) mass is 138 g/mol.